The van der Waals surface area contributed by atoms with E-state index in [1.165, 1.54) is 16.9 Å². The molecule has 2 aliphatic heterocycles. The van der Waals surface area contributed by atoms with Crippen LogP contribution in [0, 0.1) is 0 Å². The zero-order valence-corrected chi connectivity index (χ0v) is 20.0. The number of carbonyl (C=O) groups is 1. The largest absolute Gasteiger partial charge is 0.494 e. The van der Waals surface area contributed by atoms with Gasteiger partial charge in [0.15, 0.2) is 5.13 Å². The maximum atomic E-state index is 13.1. The highest BCUT2D eigenvalue weighted by molar-refractivity contribution is 7.23. The van der Waals surface area contributed by atoms with Crippen LogP contribution in [0.25, 0.3) is 10.2 Å². The van der Waals surface area contributed by atoms with E-state index in [4.69, 9.17) is 14.5 Å². The van der Waals surface area contributed by atoms with Crippen LogP contribution in [0.1, 0.15) is 25.3 Å². The number of aromatic nitrogens is 1. The van der Waals surface area contributed by atoms with Gasteiger partial charge >= 0.3 is 6.03 Å². The molecule has 0 bridgehead atoms. The highest BCUT2D eigenvalue weighted by Crippen LogP contribution is 2.40. The molecule has 7 nitrogen and oxygen atoms in total. The summed E-state index contributed by atoms with van der Waals surface area (Å²) in [6.07, 6.45) is 1.89. The maximum absolute atomic E-state index is 13.1. The Kier molecular flexibility index (Phi) is 6.12. The lowest BCUT2D eigenvalue weighted by atomic mass is 9.74. The van der Waals surface area contributed by atoms with Crippen molar-refractivity contribution in [1.29, 1.82) is 0 Å². The number of hydrogen-bond acceptors (Lipinski definition) is 6. The number of piperidine rings is 1. The molecule has 3 heterocycles. The molecule has 33 heavy (non-hydrogen) atoms. The first-order valence-corrected chi connectivity index (χ1v) is 12.3. The van der Waals surface area contributed by atoms with E-state index in [0.717, 1.165) is 60.7 Å². The summed E-state index contributed by atoms with van der Waals surface area (Å²) in [7, 11) is 1.65. The van der Waals surface area contributed by atoms with Crippen LogP contribution in [-0.2, 0) is 10.2 Å². The van der Waals surface area contributed by atoms with Crippen molar-refractivity contribution < 1.29 is 14.3 Å². The van der Waals surface area contributed by atoms with Crippen molar-refractivity contribution in [3.8, 4) is 5.75 Å². The molecule has 2 aromatic carbocycles. The number of rotatable bonds is 4. The minimum absolute atomic E-state index is 0.0870. The number of methoxy groups -OCH3 is 1. The molecule has 2 amide bonds. The maximum Gasteiger partial charge on any atom is 0.323 e. The van der Waals surface area contributed by atoms with Crippen LogP contribution in [0.3, 0.4) is 0 Å². The minimum atomic E-state index is -0.0870. The average Bonchev–Trinajstić information content (AvgIpc) is 3.28. The normalized spacial score (nSPS) is 18.4. The van der Waals surface area contributed by atoms with Gasteiger partial charge in [-0.2, -0.15) is 0 Å². The first kappa shape index (κ1) is 22.0. The van der Waals surface area contributed by atoms with Crippen LogP contribution in [0.2, 0.25) is 0 Å². The Hall–Kier alpha value is -2.84. The molecule has 0 unspecified atom stereocenters. The second-order valence-corrected chi connectivity index (χ2v) is 9.93. The number of morpholine rings is 1. The lowest BCUT2D eigenvalue weighted by Crippen LogP contribution is -2.45. The number of nitrogens with one attached hydrogen (secondary N) is 1. The monoisotopic (exact) mass is 466 g/mol. The molecule has 2 fully saturated rings. The molecule has 5 rings (SSSR count). The van der Waals surface area contributed by atoms with Gasteiger partial charge in [0.25, 0.3) is 0 Å². The lowest BCUT2D eigenvalue weighted by Gasteiger charge is -2.39. The van der Waals surface area contributed by atoms with Crippen molar-refractivity contribution in [2.24, 2.45) is 0 Å². The number of urea groups is 1. The average molecular weight is 467 g/mol. The van der Waals surface area contributed by atoms with Gasteiger partial charge in [-0.25, -0.2) is 9.78 Å². The van der Waals surface area contributed by atoms with Gasteiger partial charge in [0.1, 0.15) is 11.3 Å². The van der Waals surface area contributed by atoms with E-state index in [-0.39, 0.29) is 11.4 Å². The van der Waals surface area contributed by atoms with Gasteiger partial charge in [-0.3, -0.25) is 5.32 Å². The standard InChI is InChI=1S/C25H30N4O3S/c1-25(18-6-4-3-5-7-18)10-12-29(13-11-25)24(30)27-23-26-21-20(31-2)9-8-19(22(21)33-23)28-14-16-32-17-15-28/h3-9H,10-17H2,1-2H3,(H,26,27,30). The summed E-state index contributed by atoms with van der Waals surface area (Å²) in [5.74, 6) is 0.718. The number of ether oxygens (including phenoxy) is 2. The van der Waals surface area contributed by atoms with Crippen LogP contribution in [0.15, 0.2) is 42.5 Å². The van der Waals surface area contributed by atoms with Crippen LogP contribution >= 0.6 is 11.3 Å². The van der Waals surface area contributed by atoms with Crippen LogP contribution in [-0.4, -0.2) is 62.4 Å². The summed E-state index contributed by atoms with van der Waals surface area (Å²) in [4.78, 5) is 22.0. The second kappa shape index (κ2) is 9.19. The third-order valence-electron chi connectivity index (χ3n) is 6.90. The highest BCUT2D eigenvalue weighted by Gasteiger charge is 2.33. The number of nitrogens with zero attached hydrogens (tertiary/aromatic N) is 3. The quantitative estimate of drug-likeness (QED) is 0.602. The van der Waals surface area contributed by atoms with Gasteiger partial charge < -0.3 is 19.3 Å². The lowest BCUT2D eigenvalue weighted by molar-refractivity contribution is 0.123. The smallest absolute Gasteiger partial charge is 0.323 e. The van der Waals surface area contributed by atoms with Gasteiger partial charge in [-0.1, -0.05) is 48.6 Å². The Labute approximate surface area is 198 Å². The third-order valence-corrected chi connectivity index (χ3v) is 7.89. The molecule has 8 heteroatoms. The molecule has 0 atom stereocenters. The summed E-state index contributed by atoms with van der Waals surface area (Å²) in [5.41, 5.74) is 3.36. The molecular formula is C25H30N4O3S. The van der Waals surface area contributed by atoms with Crippen molar-refractivity contribution in [2.75, 3.05) is 56.7 Å². The molecule has 0 radical (unpaired) electrons. The van der Waals surface area contributed by atoms with Gasteiger partial charge in [0.05, 0.1) is 30.7 Å². The Balaban J connectivity index is 1.31. The zero-order valence-electron chi connectivity index (χ0n) is 19.2. The minimum Gasteiger partial charge on any atom is -0.494 e. The number of benzene rings is 2. The Morgan fingerprint density at radius 1 is 1.09 bits per heavy atom. The number of anilines is 2. The molecule has 0 aliphatic carbocycles. The van der Waals surface area contributed by atoms with E-state index in [0.29, 0.717) is 18.3 Å². The number of fused-ring (bicyclic) bond motifs is 1. The van der Waals surface area contributed by atoms with Crippen molar-refractivity contribution >= 4 is 38.4 Å². The summed E-state index contributed by atoms with van der Waals surface area (Å²) in [6, 6.07) is 14.5. The summed E-state index contributed by atoms with van der Waals surface area (Å²) < 4.78 is 12.1. The highest BCUT2D eigenvalue weighted by atomic mass is 32.1. The number of thiazole rings is 1. The molecule has 1 N–H and O–H groups in total. The summed E-state index contributed by atoms with van der Waals surface area (Å²) >= 11 is 1.50. The van der Waals surface area contributed by atoms with Gasteiger partial charge in [-0.05, 0) is 36.0 Å². The van der Waals surface area contributed by atoms with Gasteiger partial charge in [0.2, 0.25) is 0 Å². The molecule has 0 spiro atoms. The van der Waals surface area contributed by atoms with E-state index in [1.807, 2.05) is 17.0 Å². The van der Waals surface area contributed by atoms with Crippen LogP contribution in [0.5, 0.6) is 5.75 Å². The van der Waals surface area contributed by atoms with E-state index in [9.17, 15) is 4.79 Å². The van der Waals surface area contributed by atoms with E-state index in [1.54, 1.807) is 7.11 Å². The van der Waals surface area contributed by atoms with E-state index >= 15 is 0 Å². The van der Waals surface area contributed by atoms with Crippen LogP contribution < -0.4 is 15.0 Å². The van der Waals surface area contributed by atoms with E-state index in [2.05, 4.69) is 47.5 Å². The predicted octanol–water partition coefficient (Wildman–Crippen LogP) is 4.73. The van der Waals surface area contributed by atoms with E-state index < -0.39 is 0 Å². The Morgan fingerprint density at radius 2 is 1.82 bits per heavy atom. The number of likely N-dealkylation sites (tertiary alicyclic amines) is 1. The van der Waals surface area contributed by atoms with Gasteiger partial charge in [0, 0.05) is 26.2 Å². The molecule has 3 aromatic rings. The summed E-state index contributed by atoms with van der Waals surface area (Å²) in [6.45, 7) is 6.86. The summed E-state index contributed by atoms with van der Waals surface area (Å²) in [5, 5.41) is 3.65. The SMILES string of the molecule is COc1ccc(N2CCOCC2)c2sc(NC(=O)N3CCC(C)(c4ccccc4)CC3)nc12. The fourth-order valence-corrected chi connectivity index (χ4v) is 5.76. The zero-order chi connectivity index (χ0) is 22.8. The second-order valence-electron chi connectivity index (χ2n) is 8.93. The third kappa shape index (κ3) is 4.37. The molecule has 1 aromatic heterocycles. The Bertz CT molecular complexity index is 1120. The van der Waals surface area contributed by atoms with Crippen molar-refractivity contribution in [3.63, 3.8) is 0 Å². The van der Waals surface area contributed by atoms with Crippen molar-refractivity contribution in [2.45, 2.75) is 25.2 Å². The number of amides is 2. The molecular weight excluding hydrogens is 436 g/mol. The first-order valence-electron chi connectivity index (χ1n) is 11.5. The predicted molar refractivity (Wildman–Crippen MR) is 133 cm³/mol. The van der Waals surface area contributed by atoms with Gasteiger partial charge in [-0.15, -0.1) is 0 Å². The fraction of sp³-hybridized carbons (Fsp3) is 0.440. The first-order chi connectivity index (χ1) is 16.1. The van der Waals surface area contributed by atoms with Crippen molar-refractivity contribution in [3.05, 3.63) is 48.0 Å². The molecule has 0 saturated carbocycles. The molecule has 2 aliphatic rings. The Morgan fingerprint density at radius 3 is 2.52 bits per heavy atom. The topological polar surface area (TPSA) is 66.9 Å². The molecule has 2 saturated heterocycles. The van der Waals surface area contributed by atoms with Crippen molar-refractivity contribution in [1.82, 2.24) is 9.88 Å². The van der Waals surface area contributed by atoms with Crippen LogP contribution in [0.4, 0.5) is 15.6 Å². The number of carbonyl (C=O) groups excluding carboxylic acids is 1. The molecule has 174 valence electrons. The number of hydrogen-bond donors (Lipinski definition) is 1. The fourth-order valence-electron chi connectivity index (χ4n) is 4.74.